The van der Waals surface area contributed by atoms with Gasteiger partial charge in [-0.25, -0.2) is 4.39 Å². The van der Waals surface area contributed by atoms with Crippen LogP contribution in [-0.2, 0) is 4.84 Å². The van der Waals surface area contributed by atoms with Gasteiger partial charge in [-0.1, -0.05) is 28.9 Å². The Labute approximate surface area is 142 Å². The number of hydroxylamine groups is 2. The van der Waals surface area contributed by atoms with Crippen LogP contribution in [0.25, 0.3) is 5.70 Å². The molecule has 0 saturated carbocycles. The highest BCUT2D eigenvalue weighted by Gasteiger charge is 2.21. The van der Waals surface area contributed by atoms with E-state index in [1.54, 1.807) is 36.4 Å². The Hall–Kier alpha value is -2.44. The molecule has 7 heteroatoms. The summed E-state index contributed by atoms with van der Waals surface area (Å²) in [6.45, 7) is 0.100. The van der Waals surface area contributed by atoms with Crippen molar-refractivity contribution in [2.75, 3.05) is 13.7 Å². The number of oxime groups is 1. The molecule has 0 bridgehead atoms. The SMILES string of the molecule is CON=CC1CN(O)C(c2ccccc2F)=c2cc(Cl)ccc2=N1. The zero-order valence-electron chi connectivity index (χ0n) is 12.9. The molecule has 0 radical (unpaired) electrons. The Kier molecular flexibility index (Phi) is 4.78. The molecular weight excluding hydrogens is 333 g/mol. The lowest BCUT2D eigenvalue weighted by molar-refractivity contribution is -0.0275. The quantitative estimate of drug-likeness (QED) is 0.682. The molecule has 24 heavy (non-hydrogen) atoms. The minimum Gasteiger partial charge on any atom is -0.399 e. The number of nitrogens with zero attached hydrogens (tertiary/aromatic N) is 3. The molecule has 0 aliphatic carbocycles. The molecule has 1 atom stereocenters. The van der Waals surface area contributed by atoms with Crippen molar-refractivity contribution in [2.24, 2.45) is 10.1 Å². The minimum absolute atomic E-state index is 0.100. The number of hydrogen-bond donors (Lipinski definition) is 1. The van der Waals surface area contributed by atoms with Crippen LogP contribution >= 0.6 is 11.6 Å². The number of rotatable bonds is 3. The second-order valence-corrected chi connectivity index (χ2v) is 5.64. The van der Waals surface area contributed by atoms with Gasteiger partial charge in [-0.3, -0.25) is 15.3 Å². The van der Waals surface area contributed by atoms with Gasteiger partial charge in [0.05, 0.1) is 23.8 Å². The first kappa shape index (κ1) is 16.4. The van der Waals surface area contributed by atoms with Crippen molar-refractivity contribution in [3.05, 3.63) is 69.4 Å². The third-order valence-corrected chi connectivity index (χ3v) is 3.84. The normalized spacial score (nSPS) is 17.4. The first-order valence-corrected chi connectivity index (χ1v) is 7.63. The number of fused-ring (bicyclic) bond motifs is 1. The Morgan fingerprint density at radius 3 is 2.92 bits per heavy atom. The van der Waals surface area contributed by atoms with Crippen LogP contribution in [0.5, 0.6) is 0 Å². The zero-order valence-corrected chi connectivity index (χ0v) is 13.6. The summed E-state index contributed by atoms with van der Waals surface area (Å²) in [7, 11) is 1.43. The summed E-state index contributed by atoms with van der Waals surface area (Å²) in [5, 5.41) is 16.8. The smallest absolute Gasteiger partial charge is 0.132 e. The molecule has 2 aromatic rings. The lowest BCUT2D eigenvalue weighted by Crippen LogP contribution is -2.32. The number of halogens is 2. The predicted molar refractivity (Wildman–Crippen MR) is 88.9 cm³/mol. The van der Waals surface area contributed by atoms with E-state index in [1.165, 1.54) is 19.4 Å². The van der Waals surface area contributed by atoms with Crippen molar-refractivity contribution in [3.63, 3.8) is 0 Å². The molecule has 1 unspecified atom stereocenters. The topological polar surface area (TPSA) is 57.4 Å². The van der Waals surface area contributed by atoms with Gasteiger partial charge in [-0.05, 0) is 30.3 Å². The lowest BCUT2D eigenvalue weighted by atomic mass is 10.1. The summed E-state index contributed by atoms with van der Waals surface area (Å²) in [6.07, 6.45) is 1.48. The fourth-order valence-corrected chi connectivity index (χ4v) is 2.76. The Morgan fingerprint density at radius 2 is 2.17 bits per heavy atom. The average molecular weight is 348 g/mol. The van der Waals surface area contributed by atoms with Gasteiger partial charge in [-0.15, -0.1) is 0 Å². The fraction of sp³-hybridized carbons (Fsp3) is 0.176. The highest BCUT2D eigenvalue weighted by molar-refractivity contribution is 6.30. The third-order valence-electron chi connectivity index (χ3n) is 3.60. The maximum Gasteiger partial charge on any atom is 0.132 e. The Bertz CT molecular complexity index is 901. The molecular formula is C17H15ClFN3O2. The molecule has 124 valence electrons. The number of hydrogen-bond acceptors (Lipinski definition) is 5. The first-order valence-electron chi connectivity index (χ1n) is 7.26. The van der Waals surface area contributed by atoms with Crippen molar-refractivity contribution in [1.29, 1.82) is 0 Å². The van der Waals surface area contributed by atoms with Crippen LogP contribution in [0.3, 0.4) is 0 Å². The van der Waals surface area contributed by atoms with Crippen molar-refractivity contribution in [3.8, 4) is 0 Å². The molecule has 1 heterocycles. The van der Waals surface area contributed by atoms with E-state index in [0.717, 1.165) is 5.06 Å². The summed E-state index contributed by atoms with van der Waals surface area (Å²) < 4.78 is 14.3. The highest BCUT2D eigenvalue weighted by Crippen LogP contribution is 2.19. The van der Waals surface area contributed by atoms with Gasteiger partial charge >= 0.3 is 0 Å². The van der Waals surface area contributed by atoms with Crippen LogP contribution in [0.4, 0.5) is 4.39 Å². The van der Waals surface area contributed by atoms with Gasteiger partial charge in [0.25, 0.3) is 0 Å². The standard InChI is InChI=1S/C17H15ClFN3O2/c1-24-20-9-12-10-22(23)17(13-4-2-3-5-15(13)19)14-8-11(18)6-7-16(14)21-12/h2-9,12,23H,10H2,1H3. The monoisotopic (exact) mass is 347 g/mol. The van der Waals surface area contributed by atoms with Crippen LogP contribution < -0.4 is 10.6 Å². The van der Waals surface area contributed by atoms with E-state index in [1.807, 2.05) is 0 Å². The van der Waals surface area contributed by atoms with Crippen LogP contribution in [-0.4, -0.2) is 36.2 Å². The molecule has 1 aliphatic rings. The van der Waals surface area contributed by atoms with Gasteiger partial charge < -0.3 is 4.84 Å². The molecule has 0 amide bonds. The molecule has 3 rings (SSSR count). The molecule has 1 N–H and O–H groups in total. The summed E-state index contributed by atoms with van der Waals surface area (Å²) in [5.74, 6) is -0.443. The van der Waals surface area contributed by atoms with Crippen LogP contribution in [0.1, 0.15) is 5.56 Å². The Balaban J connectivity index is 2.31. The van der Waals surface area contributed by atoms with E-state index in [-0.39, 0.29) is 12.1 Å². The largest absolute Gasteiger partial charge is 0.399 e. The van der Waals surface area contributed by atoms with E-state index >= 15 is 0 Å². The average Bonchev–Trinajstić information content (AvgIpc) is 2.69. The van der Waals surface area contributed by atoms with Gasteiger partial charge in [0.2, 0.25) is 0 Å². The Morgan fingerprint density at radius 1 is 1.38 bits per heavy atom. The molecule has 5 nitrogen and oxygen atoms in total. The van der Waals surface area contributed by atoms with Gasteiger partial charge in [0.15, 0.2) is 0 Å². The maximum absolute atomic E-state index is 14.3. The maximum atomic E-state index is 14.3. The summed E-state index contributed by atoms with van der Waals surface area (Å²) in [4.78, 5) is 9.22. The van der Waals surface area contributed by atoms with E-state index in [4.69, 9.17) is 11.6 Å². The third kappa shape index (κ3) is 3.25. The van der Waals surface area contributed by atoms with Crippen molar-refractivity contribution in [2.45, 2.75) is 6.04 Å². The lowest BCUT2D eigenvalue weighted by Gasteiger charge is -2.21. The zero-order chi connectivity index (χ0) is 17.1. The first-order chi connectivity index (χ1) is 11.6. The fourth-order valence-electron chi connectivity index (χ4n) is 2.59. The van der Waals surface area contributed by atoms with E-state index in [0.29, 0.717) is 21.3 Å². The molecule has 0 aromatic heterocycles. The highest BCUT2D eigenvalue weighted by atomic mass is 35.5. The van der Waals surface area contributed by atoms with Gasteiger partial charge in [0, 0.05) is 15.8 Å². The number of benzene rings is 2. The molecule has 0 saturated heterocycles. The van der Waals surface area contributed by atoms with Crippen molar-refractivity contribution < 1.29 is 14.4 Å². The van der Waals surface area contributed by atoms with Crippen LogP contribution in [0.2, 0.25) is 5.02 Å². The van der Waals surface area contributed by atoms with Crippen LogP contribution in [0.15, 0.2) is 52.6 Å². The van der Waals surface area contributed by atoms with Crippen molar-refractivity contribution >= 4 is 23.5 Å². The summed E-state index contributed by atoms with van der Waals surface area (Å²) in [5.41, 5.74) is 0.575. The van der Waals surface area contributed by atoms with Crippen LogP contribution in [0, 0.1) is 5.82 Å². The summed E-state index contributed by atoms with van der Waals surface area (Å²) in [6, 6.07) is 10.9. The predicted octanol–water partition coefficient (Wildman–Crippen LogP) is 1.96. The second-order valence-electron chi connectivity index (χ2n) is 5.21. The second kappa shape index (κ2) is 6.98. The van der Waals surface area contributed by atoms with Crippen molar-refractivity contribution in [1.82, 2.24) is 5.06 Å². The van der Waals surface area contributed by atoms with E-state index in [9.17, 15) is 9.60 Å². The van der Waals surface area contributed by atoms with E-state index in [2.05, 4.69) is 15.0 Å². The molecule has 1 aliphatic heterocycles. The van der Waals surface area contributed by atoms with Gasteiger partial charge in [-0.2, -0.15) is 0 Å². The van der Waals surface area contributed by atoms with E-state index < -0.39 is 11.9 Å². The minimum atomic E-state index is -0.459. The summed E-state index contributed by atoms with van der Waals surface area (Å²) >= 11 is 6.09. The van der Waals surface area contributed by atoms with Gasteiger partial charge in [0.1, 0.15) is 19.0 Å². The molecule has 0 spiro atoms. The molecule has 2 aromatic carbocycles. The molecule has 0 fully saturated rings.